The first-order valence-electron chi connectivity index (χ1n) is 5.47. The van der Waals surface area contributed by atoms with Gasteiger partial charge < -0.3 is 18.0 Å². The Kier molecular flexibility index (Phi) is 5.25. The lowest BCUT2D eigenvalue weighted by Gasteiger charge is -2.24. The minimum absolute atomic E-state index is 0.181. The van der Waals surface area contributed by atoms with Crippen molar-refractivity contribution in [1.29, 1.82) is 0 Å². The van der Waals surface area contributed by atoms with Crippen LogP contribution in [0.5, 0.6) is 0 Å². The van der Waals surface area contributed by atoms with Gasteiger partial charge in [-0.25, -0.2) is 0 Å². The lowest BCUT2D eigenvalue weighted by Crippen LogP contribution is -2.42. The average Bonchev–Trinajstić information content (AvgIpc) is 2.64. The summed E-state index contributed by atoms with van der Waals surface area (Å²) in [5.41, 5.74) is 0. The van der Waals surface area contributed by atoms with Gasteiger partial charge in [0.1, 0.15) is 0 Å². The molecule has 0 spiro atoms. The molecule has 1 rings (SSSR count). The van der Waals surface area contributed by atoms with Crippen LogP contribution in [0, 0.1) is 5.92 Å². The molecular formula is C10H18O6Si. The summed E-state index contributed by atoms with van der Waals surface area (Å²) in [4.78, 5) is 22.1. The van der Waals surface area contributed by atoms with Gasteiger partial charge in [0, 0.05) is 27.4 Å². The molecule has 0 amide bonds. The summed E-state index contributed by atoms with van der Waals surface area (Å²) in [5, 5.41) is 0. The first-order valence-corrected chi connectivity index (χ1v) is 7.40. The van der Waals surface area contributed by atoms with Crippen molar-refractivity contribution in [3.05, 3.63) is 0 Å². The fraction of sp³-hybridized carbons (Fsp3) is 0.800. The van der Waals surface area contributed by atoms with E-state index in [9.17, 15) is 9.59 Å². The van der Waals surface area contributed by atoms with Crippen molar-refractivity contribution >= 4 is 20.7 Å². The predicted molar refractivity (Wildman–Crippen MR) is 60.0 cm³/mol. The van der Waals surface area contributed by atoms with Crippen molar-refractivity contribution in [1.82, 2.24) is 0 Å². The summed E-state index contributed by atoms with van der Waals surface area (Å²) in [5.74, 6) is -1.18. The summed E-state index contributed by atoms with van der Waals surface area (Å²) < 4.78 is 20.3. The second-order valence-corrected chi connectivity index (χ2v) is 6.97. The highest BCUT2D eigenvalue weighted by atomic mass is 28.4. The quantitative estimate of drug-likeness (QED) is 0.383. The van der Waals surface area contributed by atoms with Gasteiger partial charge in [-0.2, -0.15) is 0 Å². The Hall–Kier alpha value is -0.763. The van der Waals surface area contributed by atoms with E-state index in [-0.39, 0.29) is 12.3 Å². The number of ether oxygens (including phenoxy) is 1. The van der Waals surface area contributed by atoms with E-state index in [0.717, 1.165) is 0 Å². The highest BCUT2D eigenvalue weighted by Crippen LogP contribution is 2.24. The van der Waals surface area contributed by atoms with Gasteiger partial charge in [-0.1, -0.05) is 0 Å². The lowest BCUT2D eigenvalue weighted by atomic mass is 10.0. The van der Waals surface area contributed by atoms with Gasteiger partial charge in [-0.15, -0.1) is 0 Å². The van der Waals surface area contributed by atoms with Gasteiger partial charge in [0.25, 0.3) is 0 Å². The third-order valence-corrected chi connectivity index (χ3v) is 5.76. The van der Waals surface area contributed by atoms with Crippen LogP contribution in [0.1, 0.15) is 19.3 Å². The predicted octanol–water partition coefficient (Wildman–Crippen LogP) is 0.734. The molecule has 0 aromatic heterocycles. The first kappa shape index (κ1) is 14.3. The molecular weight excluding hydrogens is 244 g/mol. The highest BCUT2D eigenvalue weighted by molar-refractivity contribution is 6.60. The molecule has 1 saturated heterocycles. The van der Waals surface area contributed by atoms with Crippen LogP contribution in [0.2, 0.25) is 6.04 Å². The molecule has 6 nitrogen and oxygen atoms in total. The molecule has 7 heteroatoms. The number of carbonyl (C=O) groups is 2. The minimum Gasteiger partial charge on any atom is -0.393 e. The Bertz CT molecular complexity index is 280. The van der Waals surface area contributed by atoms with E-state index in [4.69, 9.17) is 13.3 Å². The van der Waals surface area contributed by atoms with Crippen LogP contribution >= 0.6 is 0 Å². The van der Waals surface area contributed by atoms with E-state index in [1.165, 1.54) is 0 Å². The fourth-order valence-corrected chi connectivity index (χ4v) is 3.61. The molecule has 1 fully saturated rings. The summed E-state index contributed by atoms with van der Waals surface area (Å²) in [6.07, 6.45) is 1.48. The van der Waals surface area contributed by atoms with E-state index < -0.39 is 20.7 Å². The molecule has 0 aliphatic carbocycles. The number of hydrogen-bond donors (Lipinski definition) is 0. The fourth-order valence-electron chi connectivity index (χ4n) is 1.86. The van der Waals surface area contributed by atoms with E-state index in [1.54, 1.807) is 21.3 Å². The molecule has 98 valence electrons. The van der Waals surface area contributed by atoms with Crippen molar-refractivity contribution in [2.75, 3.05) is 21.3 Å². The Morgan fingerprint density at radius 1 is 1.24 bits per heavy atom. The Morgan fingerprint density at radius 3 is 2.24 bits per heavy atom. The van der Waals surface area contributed by atoms with Crippen LogP contribution in [-0.2, 0) is 27.6 Å². The smallest absolute Gasteiger partial charge is 0.393 e. The SMILES string of the molecule is CO[Si](CCCC1CC(=O)OC1=O)(OC)OC. The molecule has 0 aromatic carbocycles. The van der Waals surface area contributed by atoms with E-state index in [1.807, 2.05) is 0 Å². The number of hydrogen-bond acceptors (Lipinski definition) is 6. The van der Waals surface area contributed by atoms with Crippen LogP contribution in [0.25, 0.3) is 0 Å². The van der Waals surface area contributed by atoms with Gasteiger partial charge in [0.05, 0.1) is 12.3 Å². The van der Waals surface area contributed by atoms with Crippen LogP contribution in [0.3, 0.4) is 0 Å². The lowest BCUT2D eigenvalue weighted by molar-refractivity contribution is -0.153. The number of rotatable bonds is 7. The molecule has 1 aliphatic rings. The van der Waals surface area contributed by atoms with Gasteiger partial charge >= 0.3 is 20.7 Å². The van der Waals surface area contributed by atoms with Crippen molar-refractivity contribution in [3.63, 3.8) is 0 Å². The third kappa shape index (κ3) is 3.60. The standard InChI is InChI=1S/C10H18O6Si/c1-13-17(14-2,15-3)6-4-5-8-7-9(11)16-10(8)12/h8H,4-7H2,1-3H3. The maximum absolute atomic E-state index is 11.2. The van der Waals surface area contributed by atoms with Crippen molar-refractivity contribution in [3.8, 4) is 0 Å². The Labute approximate surface area is 102 Å². The maximum atomic E-state index is 11.2. The minimum atomic E-state index is -2.57. The zero-order valence-electron chi connectivity index (χ0n) is 10.4. The van der Waals surface area contributed by atoms with E-state index >= 15 is 0 Å². The van der Waals surface area contributed by atoms with Crippen LogP contribution < -0.4 is 0 Å². The largest absolute Gasteiger partial charge is 0.500 e. The number of carbonyl (C=O) groups excluding carboxylic acids is 2. The van der Waals surface area contributed by atoms with Gasteiger partial charge in [0.2, 0.25) is 0 Å². The second-order valence-electron chi connectivity index (χ2n) is 3.88. The van der Waals surface area contributed by atoms with E-state index in [2.05, 4.69) is 4.74 Å². The first-order chi connectivity index (χ1) is 8.06. The van der Waals surface area contributed by atoms with Gasteiger partial charge in [-0.3, -0.25) is 9.59 Å². The summed E-state index contributed by atoms with van der Waals surface area (Å²) in [7, 11) is 2.08. The molecule has 0 aromatic rings. The molecule has 0 saturated carbocycles. The molecule has 0 N–H and O–H groups in total. The molecule has 1 atom stereocenters. The van der Waals surface area contributed by atoms with Crippen LogP contribution in [0.15, 0.2) is 0 Å². The van der Waals surface area contributed by atoms with Crippen LogP contribution in [-0.4, -0.2) is 42.1 Å². The summed E-state index contributed by atoms with van der Waals surface area (Å²) in [6, 6.07) is 0.620. The highest BCUT2D eigenvalue weighted by Gasteiger charge is 2.39. The summed E-state index contributed by atoms with van der Waals surface area (Å²) >= 11 is 0. The van der Waals surface area contributed by atoms with Crippen molar-refractivity contribution in [2.24, 2.45) is 5.92 Å². The van der Waals surface area contributed by atoms with E-state index in [0.29, 0.717) is 18.9 Å². The average molecular weight is 262 g/mol. The molecule has 17 heavy (non-hydrogen) atoms. The number of esters is 2. The van der Waals surface area contributed by atoms with Crippen molar-refractivity contribution in [2.45, 2.75) is 25.3 Å². The normalized spacial score (nSPS) is 20.8. The van der Waals surface area contributed by atoms with Crippen LogP contribution in [0.4, 0.5) is 0 Å². The third-order valence-electron chi connectivity index (χ3n) is 2.93. The second kappa shape index (κ2) is 6.25. The molecule has 1 aliphatic heterocycles. The molecule has 1 heterocycles. The molecule has 0 radical (unpaired) electrons. The zero-order chi connectivity index (χ0) is 12.9. The topological polar surface area (TPSA) is 71.1 Å². The zero-order valence-corrected chi connectivity index (χ0v) is 11.4. The Morgan fingerprint density at radius 2 is 1.82 bits per heavy atom. The Balaban J connectivity index is 2.36. The maximum Gasteiger partial charge on any atom is 0.500 e. The summed E-state index contributed by atoms with van der Waals surface area (Å²) in [6.45, 7) is 0. The molecule has 0 bridgehead atoms. The van der Waals surface area contributed by atoms with Gasteiger partial charge in [0.15, 0.2) is 0 Å². The molecule has 1 unspecified atom stereocenters. The monoisotopic (exact) mass is 262 g/mol. The van der Waals surface area contributed by atoms with Crippen molar-refractivity contribution < 1.29 is 27.6 Å². The number of cyclic esters (lactones) is 2. The van der Waals surface area contributed by atoms with Gasteiger partial charge in [-0.05, 0) is 12.8 Å².